The second kappa shape index (κ2) is 6.46. The van der Waals surface area contributed by atoms with Crippen molar-refractivity contribution in [2.24, 2.45) is 0 Å². The Morgan fingerprint density at radius 2 is 1.94 bits per heavy atom. The normalized spacial score (nSPS) is 10.8. The first-order valence-electron chi connectivity index (χ1n) is 5.00. The molecule has 6 nitrogen and oxygen atoms in total. The molecule has 1 amide bonds. The number of ether oxygens (including phenoxy) is 1. The summed E-state index contributed by atoms with van der Waals surface area (Å²) in [5.41, 5.74) is 1.33. The monoisotopic (exact) mass is 292 g/mol. The minimum atomic E-state index is -3.97. The zero-order valence-corrected chi connectivity index (χ0v) is 11.2. The molecular weight excluding hydrogens is 280 g/mol. The van der Waals surface area contributed by atoms with Crippen LogP contribution < -0.4 is 9.44 Å². The number of rotatable bonds is 5. The number of nitrogens with one attached hydrogen (secondary N) is 2. The molecule has 0 saturated heterocycles. The third kappa shape index (κ3) is 4.80. The molecule has 100 valence electrons. The van der Waals surface area contributed by atoms with Gasteiger partial charge in [-0.25, -0.2) is 9.52 Å². The van der Waals surface area contributed by atoms with E-state index in [1.54, 1.807) is 29.0 Å². The predicted octanol–water partition coefficient (Wildman–Crippen LogP) is 1.48. The number of carbonyl (C=O) groups excluding carboxylic acids is 1. The number of methoxy groups -OCH3 is 1. The van der Waals surface area contributed by atoms with Crippen LogP contribution in [0.3, 0.4) is 0 Å². The molecule has 2 N–H and O–H groups in total. The van der Waals surface area contributed by atoms with Crippen molar-refractivity contribution in [1.29, 1.82) is 0 Å². The zero-order chi connectivity index (χ0) is 13.6. The Labute approximate surface area is 110 Å². The summed E-state index contributed by atoms with van der Waals surface area (Å²) >= 11 is 5.58. The maximum atomic E-state index is 11.4. The Kier molecular flexibility index (Phi) is 5.24. The summed E-state index contributed by atoms with van der Waals surface area (Å²) in [6.07, 6.45) is -0.351. The first-order chi connectivity index (χ1) is 8.46. The summed E-state index contributed by atoms with van der Waals surface area (Å²) in [6.45, 7) is 0. The van der Waals surface area contributed by atoms with Crippen molar-refractivity contribution in [3.63, 3.8) is 0 Å². The SMILES string of the molecule is COC(=O)NS(=O)(=O)Nc1ccc(CCCl)cc1. The molecule has 1 rings (SSSR count). The van der Waals surface area contributed by atoms with E-state index in [0.29, 0.717) is 18.0 Å². The van der Waals surface area contributed by atoms with Crippen LogP contribution >= 0.6 is 11.6 Å². The lowest BCUT2D eigenvalue weighted by Gasteiger charge is -2.08. The van der Waals surface area contributed by atoms with E-state index in [-0.39, 0.29) is 0 Å². The van der Waals surface area contributed by atoms with Crippen molar-refractivity contribution in [1.82, 2.24) is 4.72 Å². The molecule has 0 bridgehead atoms. The van der Waals surface area contributed by atoms with Gasteiger partial charge in [-0.2, -0.15) is 8.42 Å². The largest absolute Gasteiger partial charge is 0.452 e. The minimum Gasteiger partial charge on any atom is -0.452 e. The van der Waals surface area contributed by atoms with E-state index in [1.807, 2.05) is 0 Å². The summed E-state index contributed by atoms with van der Waals surface area (Å²) in [6, 6.07) is 6.66. The van der Waals surface area contributed by atoms with Crippen LogP contribution in [0.1, 0.15) is 5.56 Å². The Hall–Kier alpha value is -1.47. The van der Waals surface area contributed by atoms with E-state index < -0.39 is 16.3 Å². The average Bonchev–Trinajstić information content (AvgIpc) is 2.31. The van der Waals surface area contributed by atoms with E-state index in [2.05, 4.69) is 9.46 Å². The second-order valence-corrected chi connectivity index (χ2v) is 5.13. The quantitative estimate of drug-likeness (QED) is 0.805. The highest BCUT2D eigenvalue weighted by atomic mass is 35.5. The van der Waals surface area contributed by atoms with Gasteiger partial charge in [-0.05, 0) is 24.1 Å². The van der Waals surface area contributed by atoms with Crippen molar-refractivity contribution in [3.8, 4) is 0 Å². The molecule has 0 unspecified atom stereocenters. The molecule has 0 saturated carbocycles. The molecule has 0 aliphatic carbocycles. The van der Waals surface area contributed by atoms with E-state index in [4.69, 9.17) is 11.6 Å². The third-order valence-corrected chi connectivity index (χ3v) is 3.12. The van der Waals surface area contributed by atoms with Crippen LogP contribution in [0.15, 0.2) is 24.3 Å². The fourth-order valence-electron chi connectivity index (χ4n) is 1.18. The lowest BCUT2D eigenvalue weighted by Crippen LogP contribution is -2.35. The maximum Gasteiger partial charge on any atom is 0.422 e. The Bertz CT molecular complexity index is 501. The van der Waals surface area contributed by atoms with Gasteiger partial charge in [-0.3, -0.25) is 4.72 Å². The van der Waals surface area contributed by atoms with Gasteiger partial charge in [0, 0.05) is 5.88 Å². The van der Waals surface area contributed by atoms with Crippen molar-refractivity contribution < 1.29 is 17.9 Å². The zero-order valence-electron chi connectivity index (χ0n) is 9.64. The van der Waals surface area contributed by atoms with Gasteiger partial charge in [-0.1, -0.05) is 12.1 Å². The lowest BCUT2D eigenvalue weighted by atomic mass is 10.2. The van der Waals surface area contributed by atoms with Gasteiger partial charge in [0.15, 0.2) is 0 Å². The molecule has 18 heavy (non-hydrogen) atoms. The number of benzene rings is 1. The lowest BCUT2D eigenvalue weighted by molar-refractivity contribution is 0.177. The molecule has 0 fully saturated rings. The van der Waals surface area contributed by atoms with E-state index >= 15 is 0 Å². The highest BCUT2D eigenvalue weighted by Crippen LogP contribution is 2.11. The number of hydrogen-bond donors (Lipinski definition) is 2. The second-order valence-electron chi connectivity index (χ2n) is 3.34. The number of alkyl halides is 1. The van der Waals surface area contributed by atoms with Gasteiger partial charge in [-0.15, -0.1) is 11.6 Å². The molecular formula is C10H13ClN2O4S. The van der Waals surface area contributed by atoms with Gasteiger partial charge >= 0.3 is 16.3 Å². The summed E-state index contributed by atoms with van der Waals surface area (Å²) in [4.78, 5) is 10.8. The molecule has 0 aliphatic rings. The number of carbonyl (C=O) groups is 1. The molecule has 0 spiro atoms. The third-order valence-electron chi connectivity index (χ3n) is 1.99. The van der Waals surface area contributed by atoms with Crippen molar-refractivity contribution in [2.45, 2.75) is 6.42 Å². The van der Waals surface area contributed by atoms with Crippen LogP contribution in [0.5, 0.6) is 0 Å². The van der Waals surface area contributed by atoms with Crippen LogP contribution in [-0.2, 0) is 21.4 Å². The smallest absolute Gasteiger partial charge is 0.422 e. The van der Waals surface area contributed by atoms with Gasteiger partial charge in [0.1, 0.15) is 0 Å². The molecule has 0 radical (unpaired) electrons. The summed E-state index contributed by atoms with van der Waals surface area (Å²) in [7, 11) is -2.90. The fraction of sp³-hybridized carbons (Fsp3) is 0.300. The van der Waals surface area contributed by atoms with E-state index in [1.165, 1.54) is 0 Å². The number of amides is 1. The van der Waals surface area contributed by atoms with Gasteiger partial charge < -0.3 is 4.74 Å². The standard InChI is InChI=1S/C10H13ClN2O4S/c1-17-10(14)13-18(15,16)12-9-4-2-8(3-5-9)6-7-11/h2-5,12H,6-7H2,1H3,(H,13,14). The topological polar surface area (TPSA) is 84.5 Å². The minimum absolute atomic E-state index is 0.338. The first kappa shape index (κ1) is 14.6. The van der Waals surface area contributed by atoms with Crippen LogP contribution in [-0.4, -0.2) is 27.5 Å². The van der Waals surface area contributed by atoms with Crippen LogP contribution in [0, 0.1) is 0 Å². The molecule has 0 aliphatic heterocycles. The summed E-state index contributed by atoms with van der Waals surface area (Å²) in [5, 5.41) is 0. The highest BCUT2D eigenvalue weighted by molar-refractivity contribution is 7.91. The van der Waals surface area contributed by atoms with Crippen molar-refractivity contribution in [2.75, 3.05) is 17.7 Å². The van der Waals surface area contributed by atoms with Crippen molar-refractivity contribution in [3.05, 3.63) is 29.8 Å². The molecule has 0 heterocycles. The van der Waals surface area contributed by atoms with Crippen LogP contribution in [0.25, 0.3) is 0 Å². The Morgan fingerprint density at radius 1 is 1.33 bits per heavy atom. The van der Waals surface area contributed by atoms with Crippen molar-refractivity contribution >= 4 is 33.6 Å². The number of anilines is 1. The summed E-state index contributed by atoms with van der Waals surface area (Å²) < 4.78 is 30.9. The number of halogens is 1. The van der Waals surface area contributed by atoms with Crippen LogP contribution in [0.4, 0.5) is 10.5 Å². The molecule has 0 atom stereocenters. The Morgan fingerprint density at radius 3 is 2.44 bits per heavy atom. The van der Waals surface area contributed by atoms with Gasteiger partial charge in [0.25, 0.3) is 0 Å². The highest BCUT2D eigenvalue weighted by Gasteiger charge is 2.13. The number of hydrogen-bond acceptors (Lipinski definition) is 4. The number of aryl methyl sites for hydroxylation is 1. The van der Waals surface area contributed by atoms with Gasteiger partial charge in [0.2, 0.25) is 0 Å². The van der Waals surface area contributed by atoms with E-state index in [0.717, 1.165) is 12.7 Å². The predicted molar refractivity (Wildman–Crippen MR) is 68.9 cm³/mol. The van der Waals surface area contributed by atoms with Crippen LogP contribution in [0.2, 0.25) is 0 Å². The average molecular weight is 293 g/mol. The van der Waals surface area contributed by atoms with Gasteiger partial charge in [0.05, 0.1) is 12.8 Å². The molecule has 1 aromatic carbocycles. The summed E-state index contributed by atoms with van der Waals surface area (Å²) in [5.74, 6) is 0.495. The Balaban J connectivity index is 2.69. The molecule has 1 aromatic rings. The molecule has 8 heteroatoms. The van der Waals surface area contributed by atoms with E-state index in [9.17, 15) is 13.2 Å². The first-order valence-corrected chi connectivity index (χ1v) is 7.02. The maximum absolute atomic E-state index is 11.4. The molecule has 0 aromatic heterocycles. The fourth-order valence-corrected chi connectivity index (χ4v) is 2.20.